The molecular weight excluding hydrogens is 376 g/mol. The largest absolute Gasteiger partial charge is 0.497 e. The van der Waals surface area contributed by atoms with Crippen molar-refractivity contribution in [3.8, 4) is 5.75 Å². The molecular formula is C24H34N4O2. The molecule has 0 spiro atoms. The minimum atomic E-state index is -0.103. The number of nitrogens with zero attached hydrogens (tertiary/aromatic N) is 4. The minimum absolute atomic E-state index is 0.0712. The molecule has 0 saturated carbocycles. The van der Waals surface area contributed by atoms with E-state index in [1.165, 1.54) is 6.42 Å². The second kappa shape index (κ2) is 9.02. The van der Waals surface area contributed by atoms with Crippen LogP contribution in [-0.2, 0) is 0 Å². The lowest BCUT2D eigenvalue weighted by Gasteiger charge is -2.33. The van der Waals surface area contributed by atoms with Crippen LogP contribution in [0.2, 0.25) is 0 Å². The molecule has 3 rings (SSSR count). The van der Waals surface area contributed by atoms with Crippen LogP contribution in [0.3, 0.4) is 0 Å². The Morgan fingerprint density at radius 2 is 1.70 bits per heavy atom. The molecule has 1 fully saturated rings. The Kier molecular flexibility index (Phi) is 6.64. The molecule has 1 aromatic carbocycles. The average molecular weight is 411 g/mol. The number of aromatic nitrogens is 2. The van der Waals surface area contributed by atoms with Gasteiger partial charge in [0.25, 0.3) is 5.91 Å². The number of methoxy groups -OCH3 is 1. The maximum Gasteiger partial charge on any atom is 0.262 e. The molecule has 1 aromatic heterocycles. The summed E-state index contributed by atoms with van der Waals surface area (Å²) >= 11 is 0. The zero-order valence-corrected chi connectivity index (χ0v) is 19.2. The summed E-state index contributed by atoms with van der Waals surface area (Å²) < 4.78 is 5.46. The Balaban J connectivity index is 2.07. The van der Waals surface area contributed by atoms with E-state index in [1.807, 2.05) is 38.1 Å². The third-order valence-electron chi connectivity index (χ3n) is 5.22. The van der Waals surface area contributed by atoms with Crippen LogP contribution in [0.5, 0.6) is 5.75 Å². The number of carbonyl (C=O) groups is 1. The van der Waals surface area contributed by atoms with Gasteiger partial charge in [-0.1, -0.05) is 20.8 Å². The third-order valence-corrected chi connectivity index (χ3v) is 5.22. The fourth-order valence-electron chi connectivity index (χ4n) is 3.90. The summed E-state index contributed by atoms with van der Waals surface area (Å²) in [5, 5.41) is 0. The van der Waals surface area contributed by atoms with Crippen molar-refractivity contribution >= 4 is 17.5 Å². The van der Waals surface area contributed by atoms with Gasteiger partial charge < -0.3 is 9.64 Å². The maximum atomic E-state index is 13.9. The Morgan fingerprint density at radius 1 is 1.07 bits per heavy atom. The number of benzene rings is 1. The summed E-state index contributed by atoms with van der Waals surface area (Å²) in [5.41, 5.74) is 3.21. The molecule has 2 heterocycles. The smallest absolute Gasteiger partial charge is 0.262 e. The standard InChI is InChI=1S/C24H34N4O2/c1-17-14-18(2)26-23(25-17)28(16-24(3,4)5)22(29)20-11-10-19(30-6)15-21(20)27-12-8-7-9-13-27/h10-11,14-15H,7-9,12-13,16H2,1-6H3. The molecule has 0 N–H and O–H groups in total. The summed E-state index contributed by atoms with van der Waals surface area (Å²) in [5.74, 6) is 1.16. The predicted octanol–water partition coefficient (Wildman–Crippen LogP) is 4.79. The van der Waals surface area contributed by atoms with E-state index in [0.29, 0.717) is 18.1 Å². The van der Waals surface area contributed by atoms with Crippen molar-refractivity contribution in [2.24, 2.45) is 5.41 Å². The number of anilines is 2. The van der Waals surface area contributed by atoms with E-state index in [9.17, 15) is 4.79 Å². The average Bonchev–Trinajstić information content (AvgIpc) is 2.70. The van der Waals surface area contributed by atoms with Gasteiger partial charge in [0.2, 0.25) is 5.95 Å². The van der Waals surface area contributed by atoms with Crippen molar-refractivity contribution < 1.29 is 9.53 Å². The highest BCUT2D eigenvalue weighted by Gasteiger charge is 2.29. The molecule has 30 heavy (non-hydrogen) atoms. The Morgan fingerprint density at radius 3 is 2.27 bits per heavy atom. The maximum absolute atomic E-state index is 13.9. The summed E-state index contributed by atoms with van der Waals surface area (Å²) in [7, 11) is 1.66. The molecule has 1 saturated heterocycles. The number of ether oxygens (including phenoxy) is 1. The van der Waals surface area contributed by atoms with Gasteiger partial charge in [0.1, 0.15) is 5.75 Å². The highest BCUT2D eigenvalue weighted by Crippen LogP contribution is 2.31. The topological polar surface area (TPSA) is 58.6 Å². The van der Waals surface area contributed by atoms with E-state index in [4.69, 9.17) is 4.74 Å². The Bertz CT molecular complexity index is 878. The fourth-order valence-corrected chi connectivity index (χ4v) is 3.90. The predicted molar refractivity (Wildman–Crippen MR) is 122 cm³/mol. The number of aryl methyl sites for hydroxylation is 2. The molecule has 2 aromatic rings. The van der Waals surface area contributed by atoms with Crippen LogP contribution in [-0.4, -0.2) is 42.6 Å². The molecule has 0 radical (unpaired) electrons. The van der Waals surface area contributed by atoms with Crippen molar-refractivity contribution in [1.29, 1.82) is 0 Å². The van der Waals surface area contributed by atoms with Crippen molar-refractivity contribution in [3.63, 3.8) is 0 Å². The summed E-state index contributed by atoms with van der Waals surface area (Å²) in [6.07, 6.45) is 3.50. The van der Waals surface area contributed by atoms with E-state index in [1.54, 1.807) is 12.0 Å². The normalized spacial score (nSPS) is 14.5. The molecule has 6 nitrogen and oxygen atoms in total. The molecule has 1 aliphatic heterocycles. The molecule has 0 aliphatic carbocycles. The van der Waals surface area contributed by atoms with Gasteiger partial charge in [-0.3, -0.25) is 9.69 Å². The molecule has 162 valence electrons. The molecule has 1 amide bonds. The quantitative estimate of drug-likeness (QED) is 0.710. The number of carbonyl (C=O) groups excluding carboxylic acids is 1. The van der Waals surface area contributed by atoms with Gasteiger partial charge in [-0.05, 0) is 56.7 Å². The molecule has 1 aliphatic rings. The lowest BCUT2D eigenvalue weighted by Crippen LogP contribution is -2.40. The molecule has 0 bridgehead atoms. The van der Waals surface area contributed by atoms with Crippen LogP contribution in [0.4, 0.5) is 11.6 Å². The second-order valence-electron chi connectivity index (χ2n) is 9.33. The monoisotopic (exact) mass is 410 g/mol. The fraction of sp³-hybridized carbons (Fsp3) is 0.542. The highest BCUT2D eigenvalue weighted by molar-refractivity contribution is 6.09. The molecule has 6 heteroatoms. The Labute approximate surface area is 180 Å². The van der Waals surface area contributed by atoms with Crippen LogP contribution >= 0.6 is 0 Å². The first kappa shape index (κ1) is 22.1. The van der Waals surface area contributed by atoms with E-state index < -0.39 is 0 Å². The van der Waals surface area contributed by atoms with Crippen LogP contribution in [0.25, 0.3) is 0 Å². The zero-order valence-electron chi connectivity index (χ0n) is 19.2. The van der Waals surface area contributed by atoms with Crippen LogP contribution in [0, 0.1) is 19.3 Å². The third kappa shape index (κ3) is 5.29. The van der Waals surface area contributed by atoms with Gasteiger partial charge in [0.05, 0.1) is 18.4 Å². The van der Waals surface area contributed by atoms with Crippen LogP contribution in [0.1, 0.15) is 61.8 Å². The van der Waals surface area contributed by atoms with E-state index in [-0.39, 0.29) is 11.3 Å². The lowest BCUT2D eigenvalue weighted by molar-refractivity contribution is 0.0976. The van der Waals surface area contributed by atoms with Crippen LogP contribution in [0.15, 0.2) is 24.3 Å². The first-order valence-electron chi connectivity index (χ1n) is 10.7. The van der Waals surface area contributed by atoms with Gasteiger partial charge in [-0.25, -0.2) is 9.97 Å². The van der Waals surface area contributed by atoms with Crippen molar-refractivity contribution in [3.05, 3.63) is 41.2 Å². The molecule has 0 atom stereocenters. The summed E-state index contributed by atoms with van der Waals surface area (Å²) in [4.78, 5) is 27.1. The van der Waals surface area contributed by atoms with Gasteiger partial charge in [0.15, 0.2) is 0 Å². The summed E-state index contributed by atoms with van der Waals surface area (Å²) in [6, 6.07) is 7.65. The zero-order chi connectivity index (χ0) is 21.9. The second-order valence-corrected chi connectivity index (χ2v) is 9.33. The van der Waals surface area contributed by atoms with E-state index in [2.05, 4.69) is 35.6 Å². The number of rotatable bonds is 5. The SMILES string of the molecule is COc1ccc(C(=O)N(CC(C)(C)C)c2nc(C)cc(C)n2)c(N2CCCCC2)c1. The minimum Gasteiger partial charge on any atom is -0.497 e. The van der Waals surface area contributed by atoms with Gasteiger partial charge in [-0.15, -0.1) is 0 Å². The van der Waals surface area contributed by atoms with Gasteiger partial charge in [0, 0.05) is 37.1 Å². The summed E-state index contributed by atoms with van der Waals surface area (Å²) in [6.45, 7) is 12.7. The van der Waals surface area contributed by atoms with Gasteiger partial charge in [-0.2, -0.15) is 0 Å². The van der Waals surface area contributed by atoms with Crippen LogP contribution < -0.4 is 14.5 Å². The van der Waals surface area contributed by atoms with E-state index in [0.717, 1.165) is 48.8 Å². The lowest BCUT2D eigenvalue weighted by atomic mass is 9.95. The van der Waals surface area contributed by atoms with E-state index >= 15 is 0 Å². The number of amides is 1. The van der Waals surface area contributed by atoms with Gasteiger partial charge >= 0.3 is 0 Å². The highest BCUT2D eigenvalue weighted by atomic mass is 16.5. The molecule has 0 unspecified atom stereocenters. The first-order valence-corrected chi connectivity index (χ1v) is 10.7. The first-order chi connectivity index (χ1) is 14.2. The number of hydrogen-bond acceptors (Lipinski definition) is 5. The number of piperidine rings is 1. The van der Waals surface area contributed by atoms with Crippen molar-refractivity contribution in [1.82, 2.24) is 9.97 Å². The Hall–Kier alpha value is -2.63. The van der Waals surface area contributed by atoms with Crippen molar-refractivity contribution in [2.45, 2.75) is 53.9 Å². The van der Waals surface area contributed by atoms with Crippen molar-refractivity contribution in [2.75, 3.05) is 36.5 Å². The number of hydrogen-bond donors (Lipinski definition) is 0.